The number of H-pyrrole nitrogens is 1. The lowest BCUT2D eigenvalue weighted by Gasteiger charge is -2.04. The molecule has 1 rings (SSSR count). The molecule has 0 aliphatic carbocycles. The summed E-state index contributed by atoms with van der Waals surface area (Å²) in [6.45, 7) is 2.14. The van der Waals surface area contributed by atoms with E-state index in [0.717, 1.165) is 25.7 Å². The van der Waals surface area contributed by atoms with Crippen molar-refractivity contribution in [3.05, 3.63) is 11.8 Å². The van der Waals surface area contributed by atoms with Crippen LogP contribution in [0.5, 0.6) is 0 Å². The molecular weight excluding hydrogens is 236 g/mol. The van der Waals surface area contributed by atoms with Crippen LogP contribution in [-0.2, 0) is 4.79 Å². The Morgan fingerprint density at radius 1 is 1.53 bits per heavy atom. The van der Waals surface area contributed by atoms with Crippen LogP contribution in [0.25, 0.3) is 0 Å². The topological polar surface area (TPSA) is 83.8 Å². The minimum atomic E-state index is -0.0390. The van der Waals surface area contributed by atoms with Crippen LogP contribution in [0.4, 0.5) is 5.82 Å². The number of aromatic amines is 1. The lowest BCUT2D eigenvalue weighted by Crippen LogP contribution is -2.16. The highest BCUT2D eigenvalue weighted by atomic mass is 32.1. The third-order valence-corrected chi connectivity index (χ3v) is 2.65. The molecule has 0 saturated carbocycles. The van der Waals surface area contributed by atoms with Gasteiger partial charge < -0.3 is 11.1 Å². The summed E-state index contributed by atoms with van der Waals surface area (Å²) in [4.78, 5) is 11.8. The van der Waals surface area contributed by atoms with E-state index in [1.165, 1.54) is 6.20 Å². The molecule has 4 N–H and O–H groups in total. The minimum absolute atomic E-state index is 0.0390. The van der Waals surface area contributed by atoms with Crippen molar-refractivity contribution in [1.82, 2.24) is 10.2 Å². The van der Waals surface area contributed by atoms with Gasteiger partial charge in [0, 0.05) is 6.42 Å². The Morgan fingerprint density at radius 2 is 2.29 bits per heavy atom. The number of nitrogens with zero attached hydrogens (tertiary/aromatic N) is 1. The number of aromatic nitrogens is 2. The Kier molecular flexibility index (Phi) is 5.62. The number of thiocarbonyl (C=S) groups is 1. The van der Waals surface area contributed by atoms with Gasteiger partial charge in [-0.3, -0.25) is 9.89 Å². The highest BCUT2D eigenvalue weighted by Gasteiger charge is 2.10. The quantitative estimate of drug-likeness (QED) is 0.513. The smallest absolute Gasteiger partial charge is 0.225 e. The molecule has 1 heterocycles. The fraction of sp³-hybridized carbons (Fsp3) is 0.545. The van der Waals surface area contributed by atoms with E-state index in [2.05, 4.69) is 22.4 Å². The van der Waals surface area contributed by atoms with Gasteiger partial charge >= 0.3 is 0 Å². The highest BCUT2D eigenvalue weighted by Crippen LogP contribution is 2.11. The standard InChI is InChI=1S/C11H18N4OS/c1-2-3-4-5-6-9(16)14-11-8(10(12)17)7-13-15-11/h7H,2-6H2,1H3,(H2,12,17)(H2,13,14,15,16). The second-order valence-corrected chi connectivity index (χ2v) is 4.32. The lowest BCUT2D eigenvalue weighted by atomic mass is 10.1. The van der Waals surface area contributed by atoms with Crippen LogP contribution >= 0.6 is 12.2 Å². The molecule has 0 aliphatic heterocycles. The van der Waals surface area contributed by atoms with Crippen LogP contribution in [0.1, 0.15) is 44.6 Å². The second kappa shape index (κ2) is 7.01. The molecule has 0 aliphatic rings. The van der Waals surface area contributed by atoms with Gasteiger partial charge in [0.2, 0.25) is 5.91 Å². The SMILES string of the molecule is CCCCCCC(=O)Nc1[nH]ncc1C(N)=S. The number of carbonyl (C=O) groups excluding carboxylic acids is 1. The molecule has 0 fully saturated rings. The summed E-state index contributed by atoms with van der Waals surface area (Å²) in [5.74, 6) is 0.445. The number of amides is 1. The van der Waals surface area contributed by atoms with Gasteiger partial charge in [0.1, 0.15) is 10.8 Å². The molecule has 0 aromatic carbocycles. The average molecular weight is 254 g/mol. The third kappa shape index (κ3) is 4.52. The number of nitrogens with two attached hydrogens (primary N) is 1. The monoisotopic (exact) mass is 254 g/mol. The van der Waals surface area contributed by atoms with Crippen LogP contribution in [0.3, 0.4) is 0 Å². The molecule has 0 radical (unpaired) electrons. The zero-order valence-corrected chi connectivity index (χ0v) is 10.8. The Bertz CT molecular complexity index is 389. The van der Waals surface area contributed by atoms with Crippen molar-refractivity contribution in [2.24, 2.45) is 5.73 Å². The van der Waals surface area contributed by atoms with E-state index in [4.69, 9.17) is 18.0 Å². The summed E-state index contributed by atoms with van der Waals surface area (Å²) in [6.07, 6.45) is 6.32. The van der Waals surface area contributed by atoms with Gasteiger partial charge in [-0.1, -0.05) is 38.4 Å². The molecule has 1 aromatic rings. The van der Waals surface area contributed by atoms with Crippen LogP contribution < -0.4 is 11.1 Å². The largest absolute Gasteiger partial charge is 0.389 e. The summed E-state index contributed by atoms with van der Waals surface area (Å²) in [7, 11) is 0. The minimum Gasteiger partial charge on any atom is -0.389 e. The number of hydrogen-bond acceptors (Lipinski definition) is 3. The van der Waals surface area contributed by atoms with Crippen LogP contribution in [-0.4, -0.2) is 21.1 Å². The number of nitrogens with one attached hydrogen (secondary N) is 2. The van der Waals surface area contributed by atoms with Gasteiger partial charge in [0.25, 0.3) is 0 Å². The number of rotatable bonds is 7. The Morgan fingerprint density at radius 3 is 2.94 bits per heavy atom. The first kappa shape index (κ1) is 13.6. The molecular formula is C11H18N4OS. The van der Waals surface area contributed by atoms with Crippen molar-refractivity contribution in [1.29, 1.82) is 0 Å². The molecule has 0 saturated heterocycles. The van der Waals surface area contributed by atoms with Gasteiger partial charge in [0.05, 0.1) is 11.8 Å². The second-order valence-electron chi connectivity index (χ2n) is 3.88. The molecule has 0 unspecified atom stereocenters. The van der Waals surface area contributed by atoms with Gasteiger partial charge in [-0.15, -0.1) is 0 Å². The predicted octanol–water partition coefficient (Wildman–Crippen LogP) is 1.95. The van der Waals surface area contributed by atoms with Crippen molar-refractivity contribution < 1.29 is 4.79 Å². The molecule has 5 nitrogen and oxygen atoms in total. The summed E-state index contributed by atoms with van der Waals surface area (Å²) in [6, 6.07) is 0. The maximum Gasteiger partial charge on any atom is 0.225 e. The van der Waals surface area contributed by atoms with E-state index in [1.54, 1.807) is 0 Å². The van der Waals surface area contributed by atoms with Crippen LogP contribution in [0, 0.1) is 0 Å². The highest BCUT2D eigenvalue weighted by molar-refractivity contribution is 7.80. The summed E-state index contributed by atoms with van der Waals surface area (Å²) in [5, 5.41) is 9.19. The normalized spacial score (nSPS) is 10.2. The molecule has 0 bridgehead atoms. The summed E-state index contributed by atoms with van der Waals surface area (Å²) >= 11 is 4.84. The van der Waals surface area contributed by atoms with Crippen molar-refractivity contribution in [3.8, 4) is 0 Å². The molecule has 0 atom stereocenters. The Balaban J connectivity index is 2.40. The van der Waals surface area contributed by atoms with Crippen molar-refractivity contribution in [2.45, 2.75) is 39.0 Å². The number of hydrogen-bond donors (Lipinski definition) is 3. The van der Waals surface area contributed by atoms with Crippen molar-refractivity contribution in [2.75, 3.05) is 5.32 Å². The third-order valence-electron chi connectivity index (χ3n) is 2.43. The maximum atomic E-state index is 11.6. The lowest BCUT2D eigenvalue weighted by molar-refractivity contribution is -0.116. The Labute approximate surface area is 106 Å². The number of anilines is 1. The predicted molar refractivity (Wildman–Crippen MR) is 71.9 cm³/mol. The first-order valence-electron chi connectivity index (χ1n) is 5.78. The summed E-state index contributed by atoms with van der Waals surface area (Å²) in [5.41, 5.74) is 6.07. The number of unbranched alkanes of at least 4 members (excludes halogenated alkanes) is 3. The van der Waals surface area contributed by atoms with E-state index < -0.39 is 0 Å². The fourth-order valence-electron chi connectivity index (χ4n) is 1.48. The first-order chi connectivity index (χ1) is 8.15. The van der Waals surface area contributed by atoms with E-state index >= 15 is 0 Å². The zero-order valence-electron chi connectivity index (χ0n) is 9.95. The van der Waals surface area contributed by atoms with Crippen molar-refractivity contribution in [3.63, 3.8) is 0 Å². The van der Waals surface area contributed by atoms with Gasteiger partial charge in [0.15, 0.2) is 0 Å². The molecule has 94 valence electrons. The van der Waals surface area contributed by atoms with Crippen LogP contribution in [0.2, 0.25) is 0 Å². The fourth-order valence-corrected chi connectivity index (χ4v) is 1.64. The average Bonchev–Trinajstić information content (AvgIpc) is 2.72. The molecule has 1 amide bonds. The van der Waals surface area contributed by atoms with Gasteiger partial charge in [-0.25, -0.2) is 0 Å². The maximum absolute atomic E-state index is 11.6. The molecule has 17 heavy (non-hydrogen) atoms. The van der Waals surface area contributed by atoms with E-state index in [1.807, 2.05) is 0 Å². The van der Waals surface area contributed by atoms with Gasteiger partial charge in [-0.05, 0) is 6.42 Å². The van der Waals surface area contributed by atoms with Gasteiger partial charge in [-0.2, -0.15) is 5.10 Å². The summed E-state index contributed by atoms with van der Waals surface area (Å²) < 4.78 is 0. The van der Waals surface area contributed by atoms with Crippen molar-refractivity contribution >= 4 is 28.9 Å². The Hall–Kier alpha value is -1.43. The zero-order chi connectivity index (χ0) is 12.7. The number of carbonyl (C=O) groups is 1. The molecule has 1 aromatic heterocycles. The first-order valence-corrected chi connectivity index (χ1v) is 6.19. The molecule has 0 spiro atoms. The van der Waals surface area contributed by atoms with Crippen LogP contribution in [0.15, 0.2) is 6.20 Å². The van der Waals surface area contributed by atoms with E-state index in [9.17, 15) is 4.79 Å². The van der Waals surface area contributed by atoms with E-state index in [0.29, 0.717) is 17.8 Å². The molecule has 6 heteroatoms. The van der Waals surface area contributed by atoms with E-state index in [-0.39, 0.29) is 10.9 Å².